The molecule has 2 aromatic carbocycles. The molecule has 0 bridgehead atoms. The number of rotatable bonds is 5. The number of carboxylic acid groups (broad SMARTS) is 2. The number of carboxylic acids is 2. The predicted molar refractivity (Wildman–Crippen MR) is 137 cm³/mol. The van der Waals surface area contributed by atoms with E-state index in [1.807, 2.05) is 19.1 Å². The number of benzene rings is 2. The van der Waals surface area contributed by atoms with E-state index in [0.717, 1.165) is 11.6 Å². The van der Waals surface area contributed by atoms with E-state index in [2.05, 4.69) is 5.32 Å². The van der Waals surface area contributed by atoms with Crippen LogP contribution in [0.2, 0.25) is 0 Å². The van der Waals surface area contributed by atoms with Gasteiger partial charge < -0.3 is 14.8 Å². The number of carbonyl (C=O) groups excluding carboxylic acids is 2. The molecule has 0 spiro atoms. The largest absolute Gasteiger partial charge is 0.478 e. The van der Waals surface area contributed by atoms with Crippen molar-refractivity contribution < 1.29 is 29.4 Å². The van der Waals surface area contributed by atoms with Gasteiger partial charge in [-0.3, -0.25) is 19.8 Å². The number of amides is 2. The minimum absolute atomic E-state index is 0.0249. The van der Waals surface area contributed by atoms with E-state index in [-0.39, 0.29) is 21.8 Å². The third-order valence-electron chi connectivity index (χ3n) is 5.83. The first-order chi connectivity index (χ1) is 17.0. The third-order valence-corrected chi connectivity index (χ3v) is 6.12. The van der Waals surface area contributed by atoms with Crippen LogP contribution in [0.1, 0.15) is 43.2 Å². The van der Waals surface area contributed by atoms with Crippen LogP contribution in [0.3, 0.4) is 0 Å². The highest BCUT2D eigenvalue weighted by Crippen LogP contribution is 2.27. The van der Waals surface area contributed by atoms with Crippen LogP contribution in [0.15, 0.2) is 54.1 Å². The van der Waals surface area contributed by atoms with Gasteiger partial charge in [-0.1, -0.05) is 17.7 Å². The van der Waals surface area contributed by atoms with Gasteiger partial charge in [0.15, 0.2) is 5.11 Å². The number of hydrogen-bond donors (Lipinski definition) is 3. The second-order valence-corrected chi connectivity index (χ2v) is 8.72. The Labute approximate surface area is 211 Å². The van der Waals surface area contributed by atoms with Crippen molar-refractivity contribution in [3.05, 3.63) is 87.7 Å². The summed E-state index contributed by atoms with van der Waals surface area (Å²) in [4.78, 5) is 50.4. The summed E-state index contributed by atoms with van der Waals surface area (Å²) in [6.07, 6.45) is 1.44. The van der Waals surface area contributed by atoms with Crippen LogP contribution in [0.4, 0.5) is 5.69 Å². The highest BCUT2D eigenvalue weighted by atomic mass is 32.1. The van der Waals surface area contributed by atoms with Crippen LogP contribution in [0.5, 0.6) is 0 Å². The number of nitrogens with one attached hydrogen (secondary N) is 1. The van der Waals surface area contributed by atoms with Crippen molar-refractivity contribution in [1.29, 1.82) is 0 Å². The van der Waals surface area contributed by atoms with Crippen LogP contribution >= 0.6 is 12.2 Å². The van der Waals surface area contributed by atoms with Crippen molar-refractivity contribution in [2.75, 3.05) is 4.90 Å². The Morgan fingerprint density at radius 1 is 0.889 bits per heavy atom. The number of aryl methyl sites for hydroxylation is 2. The third kappa shape index (κ3) is 4.41. The highest BCUT2D eigenvalue weighted by molar-refractivity contribution is 7.80. The Morgan fingerprint density at radius 3 is 2.03 bits per heavy atom. The Kier molecular flexibility index (Phi) is 6.30. The lowest BCUT2D eigenvalue weighted by molar-refractivity contribution is -0.122. The van der Waals surface area contributed by atoms with Gasteiger partial charge in [0.1, 0.15) is 5.57 Å². The van der Waals surface area contributed by atoms with Gasteiger partial charge in [0, 0.05) is 17.1 Å². The van der Waals surface area contributed by atoms with Crippen LogP contribution in [-0.2, 0) is 9.59 Å². The zero-order chi connectivity index (χ0) is 26.3. The van der Waals surface area contributed by atoms with E-state index in [1.54, 1.807) is 36.6 Å². The maximum atomic E-state index is 13.3. The van der Waals surface area contributed by atoms with E-state index in [0.29, 0.717) is 28.3 Å². The van der Waals surface area contributed by atoms with E-state index in [9.17, 15) is 29.4 Å². The molecule has 1 fully saturated rings. The number of nitrogens with zero attached hydrogens (tertiary/aromatic N) is 2. The molecule has 36 heavy (non-hydrogen) atoms. The summed E-state index contributed by atoms with van der Waals surface area (Å²) in [7, 11) is 0. The van der Waals surface area contributed by atoms with Gasteiger partial charge in [0.05, 0.1) is 16.8 Å². The lowest BCUT2D eigenvalue weighted by Gasteiger charge is -2.29. The minimum atomic E-state index is -1.26. The topological polar surface area (TPSA) is 129 Å². The van der Waals surface area contributed by atoms with Crippen molar-refractivity contribution in [1.82, 2.24) is 9.88 Å². The molecule has 1 aromatic heterocycles. The van der Waals surface area contributed by atoms with Crippen molar-refractivity contribution >= 4 is 52.8 Å². The van der Waals surface area contributed by atoms with Crippen LogP contribution < -0.4 is 10.2 Å². The summed E-state index contributed by atoms with van der Waals surface area (Å²) in [5.41, 5.74) is 3.10. The summed E-state index contributed by atoms with van der Waals surface area (Å²) in [5, 5.41) is 21.4. The Balaban J connectivity index is 1.80. The van der Waals surface area contributed by atoms with Gasteiger partial charge in [-0.15, -0.1) is 0 Å². The van der Waals surface area contributed by atoms with Crippen molar-refractivity contribution in [2.24, 2.45) is 0 Å². The lowest BCUT2D eigenvalue weighted by Crippen LogP contribution is -2.54. The van der Waals surface area contributed by atoms with E-state index >= 15 is 0 Å². The normalized spacial score (nSPS) is 14.8. The fourth-order valence-corrected chi connectivity index (χ4v) is 4.34. The molecular formula is C26H21N3O6S. The zero-order valence-corrected chi connectivity index (χ0v) is 20.3. The molecule has 0 aliphatic carbocycles. The Bertz CT molecular complexity index is 1470. The van der Waals surface area contributed by atoms with Gasteiger partial charge in [-0.25, -0.2) is 9.59 Å². The van der Waals surface area contributed by atoms with Crippen LogP contribution in [0.25, 0.3) is 11.8 Å². The SMILES string of the molecule is Cc1ccc(N2C(=O)/C(=C/c3cc(C)n(-c4cc(C(=O)O)cc(C(=O)O)c4)c3C)C(=O)NC2=S)cc1. The molecular weight excluding hydrogens is 482 g/mol. The van der Waals surface area contributed by atoms with Gasteiger partial charge in [0.25, 0.3) is 11.8 Å². The molecule has 1 aliphatic rings. The molecule has 4 rings (SSSR count). The second kappa shape index (κ2) is 9.23. The summed E-state index contributed by atoms with van der Waals surface area (Å²) in [6.45, 7) is 5.38. The van der Waals surface area contributed by atoms with Gasteiger partial charge in [-0.05, 0) is 81.0 Å². The number of aromatic carboxylic acids is 2. The molecule has 0 radical (unpaired) electrons. The van der Waals surface area contributed by atoms with E-state index in [4.69, 9.17) is 12.2 Å². The quantitative estimate of drug-likeness (QED) is 0.275. The average molecular weight is 504 g/mol. The molecule has 3 aromatic rings. The van der Waals surface area contributed by atoms with Crippen molar-refractivity contribution in [2.45, 2.75) is 20.8 Å². The Hall–Kier alpha value is -4.57. The molecule has 2 amide bonds. The maximum Gasteiger partial charge on any atom is 0.335 e. The minimum Gasteiger partial charge on any atom is -0.478 e. The molecule has 10 heteroatoms. The first kappa shape index (κ1) is 24.6. The molecule has 0 saturated carbocycles. The average Bonchev–Trinajstić information content (AvgIpc) is 3.10. The number of aromatic nitrogens is 1. The van der Waals surface area contributed by atoms with E-state index < -0.39 is 23.8 Å². The fraction of sp³-hybridized carbons (Fsp3) is 0.115. The summed E-state index contributed by atoms with van der Waals surface area (Å²) in [6, 6.07) is 12.7. The fourth-order valence-electron chi connectivity index (χ4n) is 4.06. The molecule has 0 unspecified atom stereocenters. The van der Waals surface area contributed by atoms with Gasteiger partial charge in [0.2, 0.25) is 0 Å². The summed E-state index contributed by atoms with van der Waals surface area (Å²) >= 11 is 5.24. The van der Waals surface area contributed by atoms with Gasteiger partial charge in [-0.2, -0.15) is 0 Å². The maximum absolute atomic E-state index is 13.3. The smallest absolute Gasteiger partial charge is 0.335 e. The standard InChI is InChI=1S/C26H21N3O6S/c1-13-4-6-19(7-5-13)29-23(31)21(22(30)27-26(29)36)12-16-8-14(2)28(15(16)3)20-10-17(24(32)33)9-18(11-20)25(34)35/h4-12H,1-3H3,(H,32,33)(H,34,35)(H,27,30,36)/b21-12+. The molecule has 1 aliphatic heterocycles. The Morgan fingerprint density at radius 2 is 1.47 bits per heavy atom. The monoisotopic (exact) mass is 503 g/mol. The number of anilines is 1. The predicted octanol–water partition coefficient (Wildman–Crippen LogP) is 3.63. The zero-order valence-electron chi connectivity index (χ0n) is 19.5. The van der Waals surface area contributed by atoms with Gasteiger partial charge >= 0.3 is 11.9 Å². The molecule has 0 atom stereocenters. The lowest BCUT2D eigenvalue weighted by atomic mass is 10.1. The molecule has 2 heterocycles. The van der Waals surface area contributed by atoms with Crippen molar-refractivity contribution in [3.8, 4) is 5.69 Å². The summed E-state index contributed by atoms with van der Waals surface area (Å²) in [5.74, 6) is -3.75. The number of hydrogen-bond acceptors (Lipinski definition) is 5. The van der Waals surface area contributed by atoms with Crippen molar-refractivity contribution in [3.63, 3.8) is 0 Å². The second-order valence-electron chi connectivity index (χ2n) is 8.33. The number of thiocarbonyl (C=S) groups is 1. The van der Waals surface area contributed by atoms with Crippen LogP contribution in [0, 0.1) is 20.8 Å². The molecule has 182 valence electrons. The molecule has 9 nitrogen and oxygen atoms in total. The first-order valence-corrected chi connectivity index (χ1v) is 11.2. The molecule has 3 N–H and O–H groups in total. The van der Waals surface area contributed by atoms with Crippen LogP contribution in [-0.4, -0.2) is 43.6 Å². The number of carbonyl (C=O) groups is 4. The summed E-state index contributed by atoms with van der Waals surface area (Å²) < 4.78 is 1.67. The first-order valence-electron chi connectivity index (χ1n) is 10.8. The highest BCUT2D eigenvalue weighted by Gasteiger charge is 2.34. The molecule has 1 saturated heterocycles. The van der Waals surface area contributed by atoms with E-state index in [1.165, 1.54) is 23.1 Å².